The Bertz CT molecular complexity index is 431. The molecule has 2 nitrogen and oxygen atoms in total. The van der Waals surface area contributed by atoms with Crippen LogP contribution in [0.1, 0.15) is 43.8 Å². The fourth-order valence-electron chi connectivity index (χ4n) is 2.33. The van der Waals surface area contributed by atoms with Crippen molar-refractivity contribution in [1.82, 2.24) is 0 Å². The van der Waals surface area contributed by atoms with Gasteiger partial charge in [0.2, 0.25) is 0 Å². The first kappa shape index (κ1) is 14.3. The smallest absolute Gasteiger partial charge is 0.194 e. The molecule has 0 saturated carbocycles. The quantitative estimate of drug-likeness (QED) is 0.852. The van der Waals surface area contributed by atoms with Gasteiger partial charge in [0.15, 0.2) is 17.5 Å². The van der Waals surface area contributed by atoms with Crippen LogP contribution in [-0.4, -0.2) is 17.8 Å². The van der Waals surface area contributed by atoms with Crippen LogP contribution in [0.15, 0.2) is 12.1 Å². The van der Waals surface area contributed by atoms with Crippen LogP contribution in [0.4, 0.5) is 13.2 Å². The Balaban J connectivity index is 1.95. The molecule has 2 rings (SSSR count). The lowest BCUT2D eigenvalue weighted by Gasteiger charge is -2.23. The van der Waals surface area contributed by atoms with Crippen molar-refractivity contribution in [2.45, 2.75) is 44.3 Å². The molecule has 2 unspecified atom stereocenters. The van der Waals surface area contributed by atoms with Gasteiger partial charge in [0.1, 0.15) is 0 Å². The Hall–Kier alpha value is -1.07. The molecule has 1 aromatic carbocycles. The molecule has 0 aromatic heterocycles. The second-order valence-electron chi connectivity index (χ2n) is 4.85. The number of aliphatic hydroxyl groups is 1. The summed E-state index contributed by atoms with van der Waals surface area (Å²) in [5.41, 5.74) is -0.199. The van der Waals surface area contributed by atoms with E-state index in [-0.39, 0.29) is 18.1 Å². The first-order chi connectivity index (χ1) is 9.09. The highest BCUT2D eigenvalue weighted by molar-refractivity contribution is 5.22. The third-order valence-corrected chi connectivity index (χ3v) is 3.46. The molecule has 0 bridgehead atoms. The maximum Gasteiger partial charge on any atom is 0.194 e. The molecule has 1 N–H and O–H groups in total. The Morgan fingerprint density at radius 2 is 2.00 bits per heavy atom. The lowest BCUT2D eigenvalue weighted by Crippen LogP contribution is -2.19. The zero-order valence-electron chi connectivity index (χ0n) is 10.5. The summed E-state index contributed by atoms with van der Waals surface area (Å²) in [7, 11) is 0. The van der Waals surface area contributed by atoms with Crippen LogP contribution < -0.4 is 0 Å². The van der Waals surface area contributed by atoms with E-state index in [4.69, 9.17) is 4.74 Å². The molecule has 1 aliphatic rings. The largest absolute Gasteiger partial charge is 0.388 e. The number of ether oxygens (including phenoxy) is 1. The molecule has 1 heterocycles. The molecule has 0 spiro atoms. The van der Waals surface area contributed by atoms with Gasteiger partial charge in [0.25, 0.3) is 0 Å². The molecule has 106 valence electrons. The maximum atomic E-state index is 13.5. The van der Waals surface area contributed by atoms with Gasteiger partial charge in [-0.2, -0.15) is 0 Å². The molecule has 19 heavy (non-hydrogen) atoms. The van der Waals surface area contributed by atoms with Gasteiger partial charge >= 0.3 is 0 Å². The van der Waals surface area contributed by atoms with E-state index in [9.17, 15) is 18.3 Å². The van der Waals surface area contributed by atoms with Crippen LogP contribution in [0.25, 0.3) is 0 Å². The van der Waals surface area contributed by atoms with E-state index < -0.39 is 23.6 Å². The van der Waals surface area contributed by atoms with Gasteiger partial charge in [-0.15, -0.1) is 0 Å². The molecule has 2 atom stereocenters. The van der Waals surface area contributed by atoms with Crippen molar-refractivity contribution >= 4 is 0 Å². The predicted octanol–water partition coefficient (Wildman–Crippen LogP) is 3.49. The second-order valence-corrected chi connectivity index (χ2v) is 4.85. The number of aliphatic hydroxyl groups excluding tert-OH is 1. The number of rotatable bonds is 4. The van der Waals surface area contributed by atoms with Crippen molar-refractivity contribution in [3.05, 3.63) is 35.1 Å². The summed E-state index contributed by atoms with van der Waals surface area (Å²) in [6.45, 7) is 0.709. The number of halogens is 3. The summed E-state index contributed by atoms with van der Waals surface area (Å²) in [5, 5.41) is 9.86. The topological polar surface area (TPSA) is 29.5 Å². The van der Waals surface area contributed by atoms with Crippen LogP contribution in [-0.2, 0) is 4.74 Å². The number of hydrogen-bond donors (Lipinski definition) is 1. The number of hydrogen-bond acceptors (Lipinski definition) is 2. The zero-order chi connectivity index (χ0) is 13.8. The molecule has 1 aromatic rings. The van der Waals surface area contributed by atoms with Gasteiger partial charge in [0, 0.05) is 12.2 Å². The van der Waals surface area contributed by atoms with Crippen LogP contribution in [0, 0.1) is 17.5 Å². The second kappa shape index (κ2) is 6.39. The van der Waals surface area contributed by atoms with Crippen LogP contribution >= 0.6 is 0 Å². The summed E-state index contributed by atoms with van der Waals surface area (Å²) in [6.07, 6.45) is 2.83. The van der Waals surface area contributed by atoms with Gasteiger partial charge in [-0.3, -0.25) is 0 Å². The van der Waals surface area contributed by atoms with Crippen molar-refractivity contribution in [3.8, 4) is 0 Å². The Labute approximate surface area is 110 Å². The average Bonchev–Trinajstić information content (AvgIpc) is 2.43. The molecule has 0 aliphatic carbocycles. The SMILES string of the molecule is OC(CCC1CCCCO1)c1ccc(F)c(F)c1F. The first-order valence-electron chi connectivity index (χ1n) is 6.52. The minimum atomic E-state index is -1.54. The third kappa shape index (κ3) is 3.48. The van der Waals surface area contributed by atoms with Crippen molar-refractivity contribution in [2.24, 2.45) is 0 Å². The normalized spacial score (nSPS) is 21.4. The standard InChI is InChI=1S/C14H17F3O2/c15-11-6-5-10(13(16)14(11)17)12(18)7-4-9-3-1-2-8-19-9/h5-6,9,12,18H,1-4,7-8H2. The summed E-state index contributed by atoms with van der Waals surface area (Å²) in [6, 6.07) is 1.91. The van der Waals surface area contributed by atoms with E-state index in [0.29, 0.717) is 13.0 Å². The average molecular weight is 274 g/mol. The Kier molecular flexibility index (Phi) is 4.82. The van der Waals surface area contributed by atoms with Crippen molar-refractivity contribution in [2.75, 3.05) is 6.61 Å². The Morgan fingerprint density at radius 1 is 1.21 bits per heavy atom. The molecule has 5 heteroatoms. The van der Waals surface area contributed by atoms with E-state index in [0.717, 1.165) is 31.4 Å². The molecular formula is C14H17F3O2. The maximum absolute atomic E-state index is 13.5. The van der Waals surface area contributed by atoms with E-state index in [1.54, 1.807) is 0 Å². The highest BCUT2D eigenvalue weighted by Crippen LogP contribution is 2.27. The fraction of sp³-hybridized carbons (Fsp3) is 0.571. The fourth-order valence-corrected chi connectivity index (χ4v) is 2.33. The highest BCUT2D eigenvalue weighted by atomic mass is 19.2. The third-order valence-electron chi connectivity index (χ3n) is 3.46. The summed E-state index contributed by atoms with van der Waals surface area (Å²) < 4.78 is 44.8. The minimum absolute atomic E-state index is 0.0664. The van der Waals surface area contributed by atoms with E-state index in [2.05, 4.69) is 0 Å². The monoisotopic (exact) mass is 274 g/mol. The lowest BCUT2D eigenvalue weighted by molar-refractivity contribution is 0.00185. The van der Waals surface area contributed by atoms with Crippen molar-refractivity contribution < 1.29 is 23.0 Å². The molecule has 1 aliphatic heterocycles. The molecule has 0 radical (unpaired) electrons. The van der Waals surface area contributed by atoms with Gasteiger partial charge in [-0.1, -0.05) is 6.07 Å². The summed E-state index contributed by atoms with van der Waals surface area (Å²) in [5.74, 6) is -4.09. The lowest BCUT2D eigenvalue weighted by atomic mass is 9.99. The molecule has 0 amide bonds. The van der Waals surface area contributed by atoms with Gasteiger partial charge in [-0.25, -0.2) is 13.2 Å². The molecule has 1 fully saturated rings. The van der Waals surface area contributed by atoms with E-state index >= 15 is 0 Å². The van der Waals surface area contributed by atoms with Crippen LogP contribution in [0.2, 0.25) is 0 Å². The number of benzene rings is 1. The van der Waals surface area contributed by atoms with E-state index in [1.165, 1.54) is 0 Å². The predicted molar refractivity (Wildman–Crippen MR) is 64.1 cm³/mol. The van der Waals surface area contributed by atoms with Gasteiger partial charge in [0.05, 0.1) is 12.2 Å². The first-order valence-corrected chi connectivity index (χ1v) is 6.52. The summed E-state index contributed by atoms with van der Waals surface area (Å²) in [4.78, 5) is 0. The zero-order valence-corrected chi connectivity index (χ0v) is 10.5. The molecule has 1 saturated heterocycles. The highest BCUT2D eigenvalue weighted by Gasteiger charge is 2.21. The van der Waals surface area contributed by atoms with Crippen LogP contribution in [0.3, 0.4) is 0 Å². The van der Waals surface area contributed by atoms with Crippen molar-refractivity contribution in [3.63, 3.8) is 0 Å². The minimum Gasteiger partial charge on any atom is -0.388 e. The summed E-state index contributed by atoms with van der Waals surface area (Å²) >= 11 is 0. The molecular weight excluding hydrogens is 257 g/mol. The van der Waals surface area contributed by atoms with Gasteiger partial charge in [-0.05, 0) is 38.2 Å². The van der Waals surface area contributed by atoms with Crippen LogP contribution in [0.5, 0.6) is 0 Å². The van der Waals surface area contributed by atoms with E-state index in [1.807, 2.05) is 0 Å². The Morgan fingerprint density at radius 3 is 2.68 bits per heavy atom. The van der Waals surface area contributed by atoms with Crippen molar-refractivity contribution in [1.29, 1.82) is 0 Å². The van der Waals surface area contributed by atoms with Gasteiger partial charge < -0.3 is 9.84 Å².